The Morgan fingerprint density at radius 3 is 2.73 bits per heavy atom. The van der Waals surface area contributed by atoms with Crippen LogP contribution in [0.25, 0.3) is 0 Å². The summed E-state index contributed by atoms with van der Waals surface area (Å²) in [7, 11) is -3.34. The Morgan fingerprint density at radius 2 is 2.20 bits per heavy atom. The number of pyridine rings is 1. The van der Waals surface area contributed by atoms with Gasteiger partial charge in [0.25, 0.3) is 0 Å². The first kappa shape index (κ1) is 11.6. The highest BCUT2D eigenvalue weighted by molar-refractivity contribution is 7.91. The summed E-state index contributed by atoms with van der Waals surface area (Å²) in [5, 5.41) is -0.0417. The van der Waals surface area contributed by atoms with Crippen LogP contribution in [0.5, 0.6) is 0 Å². The first-order valence-corrected chi connectivity index (χ1v) is 5.95. The largest absolute Gasteiger partial charge is 0.369 e. The maximum Gasteiger partial charge on any atom is 0.227 e. The molecule has 0 bridgehead atoms. The fraction of sp³-hybridized carbons (Fsp3) is 0.222. The van der Waals surface area contributed by atoms with Crippen LogP contribution in [0.1, 0.15) is 12.6 Å². The molecular weight excluding hydrogens is 216 g/mol. The Hall–Kier alpha value is -1.43. The second kappa shape index (κ2) is 4.39. The number of hydrogen-bond donors (Lipinski definition) is 1. The number of carbonyl (C=O) groups excluding carboxylic acids is 1. The number of rotatable bonds is 4. The predicted molar refractivity (Wildman–Crippen MR) is 54.6 cm³/mol. The maximum atomic E-state index is 11.4. The quantitative estimate of drug-likeness (QED) is 0.778. The fourth-order valence-corrected chi connectivity index (χ4v) is 1.80. The van der Waals surface area contributed by atoms with E-state index >= 15 is 0 Å². The zero-order valence-corrected chi connectivity index (χ0v) is 8.99. The highest BCUT2D eigenvalue weighted by atomic mass is 32.2. The summed E-state index contributed by atoms with van der Waals surface area (Å²) >= 11 is 0. The molecule has 15 heavy (non-hydrogen) atoms. The van der Waals surface area contributed by atoms with E-state index in [4.69, 9.17) is 5.73 Å². The highest BCUT2D eigenvalue weighted by Gasteiger charge is 2.13. The summed E-state index contributed by atoms with van der Waals surface area (Å²) in [6.45, 7) is 1.53. The van der Waals surface area contributed by atoms with E-state index in [2.05, 4.69) is 4.98 Å². The molecular formula is C9H11N2O3S. The zero-order valence-electron chi connectivity index (χ0n) is 8.17. The molecule has 1 aromatic rings. The van der Waals surface area contributed by atoms with E-state index in [9.17, 15) is 13.2 Å². The second-order valence-electron chi connectivity index (χ2n) is 2.85. The van der Waals surface area contributed by atoms with Gasteiger partial charge in [0.05, 0.1) is 17.9 Å². The number of hydrogen-bond acceptors (Lipinski definition) is 4. The highest BCUT2D eigenvalue weighted by Crippen LogP contribution is 2.09. The molecule has 0 aliphatic rings. The van der Waals surface area contributed by atoms with Crippen molar-refractivity contribution >= 4 is 15.7 Å². The Bertz CT molecular complexity index is 468. The lowest BCUT2D eigenvalue weighted by molar-refractivity contribution is -0.114. The van der Waals surface area contributed by atoms with Gasteiger partial charge < -0.3 is 5.73 Å². The van der Waals surface area contributed by atoms with E-state index in [1.807, 2.05) is 0 Å². The van der Waals surface area contributed by atoms with Gasteiger partial charge in [0.15, 0.2) is 14.9 Å². The molecule has 0 aliphatic carbocycles. The molecule has 1 aromatic heterocycles. The average molecular weight is 227 g/mol. The SMILES string of the molecule is CCS(=O)(=O)c1cccc([CH]C(N)=O)n1. The van der Waals surface area contributed by atoms with Gasteiger partial charge in [-0.2, -0.15) is 0 Å². The maximum absolute atomic E-state index is 11.4. The van der Waals surface area contributed by atoms with Gasteiger partial charge >= 0.3 is 0 Å². The molecule has 5 nitrogen and oxygen atoms in total. The third kappa shape index (κ3) is 3.02. The lowest BCUT2D eigenvalue weighted by Gasteiger charge is -2.02. The van der Waals surface area contributed by atoms with Gasteiger partial charge in [0, 0.05) is 0 Å². The van der Waals surface area contributed by atoms with Crippen molar-refractivity contribution in [3.8, 4) is 0 Å². The molecule has 1 radical (unpaired) electrons. The molecule has 1 amide bonds. The molecule has 0 aliphatic heterocycles. The molecule has 0 saturated heterocycles. The number of nitrogens with two attached hydrogens (primary N) is 1. The molecule has 2 N–H and O–H groups in total. The van der Waals surface area contributed by atoms with Crippen molar-refractivity contribution in [3.63, 3.8) is 0 Å². The lowest BCUT2D eigenvalue weighted by Crippen LogP contribution is -2.14. The van der Waals surface area contributed by atoms with Crippen LogP contribution in [0, 0.1) is 6.42 Å². The van der Waals surface area contributed by atoms with E-state index in [0.29, 0.717) is 0 Å². The molecule has 0 atom stereocenters. The molecule has 1 heterocycles. The van der Waals surface area contributed by atoms with Gasteiger partial charge in [-0.15, -0.1) is 0 Å². The van der Waals surface area contributed by atoms with Crippen molar-refractivity contribution in [1.82, 2.24) is 4.98 Å². The standard InChI is InChI=1S/C9H11N2O3S/c1-2-15(13,14)9-5-3-4-7(11-9)6-8(10)12/h3-6H,2H2,1H3,(H2,10,12). The van der Waals surface area contributed by atoms with E-state index in [-0.39, 0.29) is 16.5 Å². The van der Waals surface area contributed by atoms with Crippen LogP contribution in [0.3, 0.4) is 0 Å². The second-order valence-corrected chi connectivity index (χ2v) is 5.08. The fourth-order valence-electron chi connectivity index (χ4n) is 0.978. The van der Waals surface area contributed by atoms with Gasteiger partial charge in [-0.1, -0.05) is 13.0 Å². The van der Waals surface area contributed by atoms with E-state index in [1.54, 1.807) is 0 Å². The third-order valence-electron chi connectivity index (χ3n) is 1.73. The first-order chi connectivity index (χ1) is 6.95. The number of primary amides is 1. The van der Waals surface area contributed by atoms with Crippen LogP contribution in [0.2, 0.25) is 0 Å². The van der Waals surface area contributed by atoms with Gasteiger partial charge in [-0.05, 0) is 12.1 Å². The zero-order chi connectivity index (χ0) is 11.5. The number of nitrogens with zero attached hydrogens (tertiary/aromatic N) is 1. The van der Waals surface area contributed by atoms with Crippen LogP contribution < -0.4 is 5.73 Å². The smallest absolute Gasteiger partial charge is 0.227 e. The van der Waals surface area contributed by atoms with Gasteiger partial charge in [0.2, 0.25) is 5.91 Å². The van der Waals surface area contributed by atoms with Gasteiger partial charge in [-0.3, -0.25) is 4.79 Å². The van der Waals surface area contributed by atoms with E-state index in [0.717, 1.165) is 6.42 Å². The topological polar surface area (TPSA) is 90.1 Å². The monoisotopic (exact) mass is 227 g/mol. The summed E-state index contributed by atoms with van der Waals surface area (Å²) in [5.41, 5.74) is 5.18. The van der Waals surface area contributed by atoms with Crippen molar-refractivity contribution < 1.29 is 13.2 Å². The van der Waals surface area contributed by atoms with Crippen molar-refractivity contribution in [1.29, 1.82) is 0 Å². The molecule has 0 unspecified atom stereocenters. The minimum absolute atomic E-state index is 0.0278. The molecule has 6 heteroatoms. The van der Waals surface area contributed by atoms with Crippen molar-refractivity contribution in [2.75, 3.05) is 5.75 Å². The van der Waals surface area contributed by atoms with Crippen molar-refractivity contribution in [2.24, 2.45) is 5.73 Å². The summed E-state index contributed by atoms with van der Waals surface area (Å²) in [4.78, 5) is 14.4. The average Bonchev–Trinajstić information content (AvgIpc) is 2.17. The molecule has 81 valence electrons. The summed E-state index contributed by atoms with van der Waals surface area (Å²) in [6, 6.07) is 4.42. The molecule has 0 saturated carbocycles. The molecule has 0 fully saturated rings. The minimum Gasteiger partial charge on any atom is -0.369 e. The molecule has 0 aromatic carbocycles. The van der Waals surface area contributed by atoms with Crippen molar-refractivity contribution in [3.05, 3.63) is 30.3 Å². The Labute approximate surface area is 88.2 Å². The van der Waals surface area contributed by atoms with Crippen LogP contribution in [-0.4, -0.2) is 25.1 Å². The predicted octanol–water partition coefficient (Wildman–Crippen LogP) is -0.0871. The summed E-state index contributed by atoms with van der Waals surface area (Å²) in [6.07, 6.45) is 1.08. The van der Waals surface area contributed by atoms with Crippen LogP contribution in [0.4, 0.5) is 0 Å². The lowest BCUT2D eigenvalue weighted by atomic mass is 10.3. The number of carbonyl (C=O) groups is 1. The third-order valence-corrected chi connectivity index (χ3v) is 3.36. The van der Waals surface area contributed by atoms with Crippen LogP contribution in [-0.2, 0) is 14.6 Å². The van der Waals surface area contributed by atoms with Gasteiger partial charge in [0.1, 0.15) is 0 Å². The Balaban J connectivity index is 3.08. The normalized spacial score (nSPS) is 11.3. The minimum atomic E-state index is -3.34. The Kier molecular flexibility index (Phi) is 3.41. The number of aromatic nitrogens is 1. The van der Waals surface area contributed by atoms with E-state index < -0.39 is 15.7 Å². The van der Waals surface area contributed by atoms with Crippen LogP contribution in [0.15, 0.2) is 23.2 Å². The number of sulfone groups is 1. The van der Waals surface area contributed by atoms with E-state index in [1.165, 1.54) is 25.1 Å². The van der Waals surface area contributed by atoms with Crippen molar-refractivity contribution in [2.45, 2.75) is 11.9 Å². The molecule has 1 rings (SSSR count). The summed E-state index contributed by atoms with van der Waals surface area (Å²) < 4.78 is 22.9. The van der Waals surface area contributed by atoms with Crippen LogP contribution >= 0.6 is 0 Å². The number of amides is 1. The molecule has 0 spiro atoms. The summed E-state index contributed by atoms with van der Waals surface area (Å²) in [5.74, 6) is -0.687. The Morgan fingerprint density at radius 1 is 1.53 bits per heavy atom. The van der Waals surface area contributed by atoms with Gasteiger partial charge in [-0.25, -0.2) is 13.4 Å². The first-order valence-electron chi connectivity index (χ1n) is 4.29.